The van der Waals surface area contributed by atoms with E-state index in [4.69, 9.17) is 5.11 Å². The van der Waals surface area contributed by atoms with E-state index in [9.17, 15) is 4.79 Å². The average molecular weight is 209 g/mol. The number of rotatable bonds is 3. The predicted octanol–water partition coefficient (Wildman–Crippen LogP) is 0.926. The zero-order chi connectivity index (χ0) is 11.3. The van der Waals surface area contributed by atoms with Crippen molar-refractivity contribution in [2.75, 3.05) is 19.0 Å². The van der Waals surface area contributed by atoms with Crippen molar-refractivity contribution in [3.05, 3.63) is 24.5 Å². The van der Waals surface area contributed by atoms with Gasteiger partial charge in [0.2, 0.25) is 0 Å². The number of nitrogens with zero attached hydrogens (tertiary/aromatic N) is 2. The normalized spacial score (nSPS) is 11.9. The summed E-state index contributed by atoms with van der Waals surface area (Å²) in [6.45, 7) is 1.71. The molecule has 0 radical (unpaired) electrons. The summed E-state index contributed by atoms with van der Waals surface area (Å²) in [5.41, 5.74) is 0.687. The van der Waals surface area contributed by atoms with Crippen molar-refractivity contribution in [1.82, 2.24) is 9.88 Å². The molecule has 82 valence electrons. The monoisotopic (exact) mass is 209 g/mol. The first kappa shape index (κ1) is 11.5. The van der Waals surface area contributed by atoms with Gasteiger partial charge in [-0.25, -0.2) is 4.79 Å². The fourth-order valence-corrected chi connectivity index (χ4v) is 0.970. The molecule has 0 bridgehead atoms. The van der Waals surface area contributed by atoms with Crippen molar-refractivity contribution in [2.45, 2.75) is 13.0 Å². The number of hydrogen-bond donors (Lipinski definition) is 2. The van der Waals surface area contributed by atoms with Crippen LogP contribution in [0, 0.1) is 0 Å². The van der Waals surface area contributed by atoms with Crippen LogP contribution in [0.2, 0.25) is 0 Å². The Hall–Kier alpha value is -1.62. The van der Waals surface area contributed by atoms with E-state index in [2.05, 4.69) is 10.3 Å². The number of urea groups is 1. The van der Waals surface area contributed by atoms with Crippen LogP contribution in [0.15, 0.2) is 24.5 Å². The second kappa shape index (κ2) is 5.31. The number of amides is 2. The number of aromatic nitrogens is 1. The molecule has 0 aliphatic carbocycles. The molecule has 5 heteroatoms. The fourth-order valence-electron chi connectivity index (χ4n) is 0.970. The van der Waals surface area contributed by atoms with Crippen LogP contribution < -0.4 is 5.32 Å². The van der Waals surface area contributed by atoms with Gasteiger partial charge in [-0.2, -0.15) is 0 Å². The zero-order valence-electron chi connectivity index (χ0n) is 8.84. The molecule has 0 spiro atoms. The molecular weight excluding hydrogens is 194 g/mol. The number of aliphatic hydroxyl groups excluding tert-OH is 1. The average Bonchev–Trinajstić information content (AvgIpc) is 2.28. The molecule has 1 unspecified atom stereocenters. The molecular formula is C10H15N3O2. The van der Waals surface area contributed by atoms with Gasteiger partial charge in [0.1, 0.15) is 0 Å². The van der Waals surface area contributed by atoms with Gasteiger partial charge in [0.15, 0.2) is 0 Å². The third kappa shape index (κ3) is 3.21. The molecule has 1 heterocycles. The Balaban J connectivity index is 2.56. The van der Waals surface area contributed by atoms with Crippen molar-refractivity contribution in [3.63, 3.8) is 0 Å². The molecule has 2 N–H and O–H groups in total. The maximum Gasteiger partial charge on any atom is 0.321 e. The second-order valence-corrected chi connectivity index (χ2v) is 3.31. The highest BCUT2D eigenvalue weighted by Crippen LogP contribution is 2.05. The van der Waals surface area contributed by atoms with E-state index in [1.165, 1.54) is 4.90 Å². The lowest BCUT2D eigenvalue weighted by molar-refractivity contribution is 0.166. The van der Waals surface area contributed by atoms with E-state index in [0.717, 1.165) is 0 Å². The number of anilines is 1. The number of carbonyl (C=O) groups excluding carboxylic acids is 1. The second-order valence-electron chi connectivity index (χ2n) is 3.31. The molecule has 0 saturated carbocycles. The molecule has 0 fully saturated rings. The Morgan fingerprint density at radius 3 is 2.73 bits per heavy atom. The van der Waals surface area contributed by atoms with Gasteiger partial charge in [0.05, 0.1) is 12.6 Å². The van der Waals surface area contributed by atoms with E-state index in [0.29, 0.717) is 5.69 Å². The molecule has 0 saturated heterocycles. The summed E-state index contributed by atoms with van der Waals surface area (Å²) in [7, 11) is 1.64. The highest BCUT2D eigenvalue weighted by molar-refractivity contribution is 5.89. The molecule has 0 aromatic carbocycles. The Labute approximate surface area is 88.7 Å². The number of hydrogen-bond acceptors (Lipinski definition) is 3. The lowest BCUT2D eigenvalue weighted by Gasteiger charge is -2.23. The van der Waals surface area contributed by atoms with Crippen LogP contribution in [0.1, 0.15) is 6.92 Å². The summed E-state index contributed by atoms with van der Waals surface area (Å²) >= 11 is 0. The van der Waals surface area contributed by atoms with Crippen LogP contribution in [0.3, 0.4) is 0 Å². The third-order valence-electron chi connectivity index (χ3n) is 2.18. The van der Waals surface area contributed by atoms with Crippen LogP contribution in [0.5, 0.6) is 0 Å². The minimum absolute atomic E-state index is 0.0553. The first-order valence-electron chi connectivity index (χ1n) is 4.70. The van der Waals surface area contributed by atoms with Gasteiger partial charge in [0, 0.05) is 25.1 Å². The van der Waals surface area contributed by atoms with Gasteiger partial charge in [0.25, 0.3) is 0 Å². The summed E-state index contributed by atoms with van der Waals surface area (Å²) in [5.74, 6) is 0. The van der Waals surface area contributed by atoms with Crippen molar-refractivity contribution < 1.29 is 9.90 Å². The van der Waals surface area contributed by atoms with E-state index in [1.807, 2.05) is 0 Å². The SMILES string of the molecule is CC(CO)N(C)C(=O)Nc1ccncc1. The summed E-state index contributed by atoms with van der Waals surface area (Å²) in [6, 6.07) is 2.96. The molecule has 1 rings (SSSR count). The van der Waals surface area contributed by atoms with E-state index < -0.39 is 0 Å². The number of likely N-dealkylation sites (N-methyl/N-ethyl adjacent to an activating group) is 1. The van der Waals surface area contributed by atoms with Gasteiger partial charge < -0.3 is 15.3 Å². The summed E-state index contributed by atoms with van der Waals surface area (Å²) in [5, 5.41) is 11.6. The summed E-state index contributed by atoms with van der Waals surface area (Å²) < 4.78 is 0. The zero-order valence-corrected chi connectivity index (χ0v) is 8.84. The van der Waals surface area contributed by atoms with Crippen LogP contribution in [-0.2, 0) is 0 Å². The third-order valence-corrected chi connectivity index (χ3v) is 2.18. The maximum atomic E-state index is 11.6. The van der Waals surface area contributed by atoms with E-state index in [1.54, 1.807) is 38.5 Å². The number of nitrogens with one attached hydrogen (secondary N) is 1. The van der Waals surface area contributed by atoms with Gasteiger partial charge in [-0.1, -0.05) is 0 Å². The smallest absolute Gasteiger partial charge is 0.321 e. The standard InChI is InChI=1S/C10H15N3O2/c1-8(7-14)13(2)10(15)12-9-3-5-11-6-4-9/h3-6,8,14H,7H2,1-2H3,(H,11,12,15). The molecule has 2 amide bonds. The number of carbonyl (C=O) groups is 1. The number of aliphatic hydroxyl groups is 1. The minimum Gasteiger partial charge on any atom is -0.394 e. The largest absolute Gasteiger partial charge is 0.394 e. The Morgan fingerprint density at radius 2 is 2.20 bits per heavy atom. The minimum atomic E-state index is -0.247. The van der Waals surface area contributed by atoms with Gasteiger partial charge in [-0.3, -0.25) is 4.98 Å². The fraction of sp³-hybridized carbons (Fsp3) is 0.400. The molecule has 0 aliphatic heterocycles. The van der Waals surface area contributed by atoms with Gasteiger partial charge >= 0.3 is 6.03 Å². The van der Waals surface area contributed by atoms with Crippen molar-refractivity contribution in [3.8, 4) is 0 Å². The Kier molecular flexibility index (Phi) is 4.05. The van der Waals surface area contributed by atoms with Crippen molar-refractivity contribution in [1.29, 1.82) is 0 Å². The van der Waals surface area contributed by atoms with E-state index >= 15 is 0 Å². The van der Waals surface area contributed by atoms with Crippen molar-refractivity contribution >= 4 is 11.7 Å². The molecule has 1 aromatic rings. The Morgan fingerprint density at radius 1 is 1.60 bits per heavy atom. The van der Waals surface area contributed by atoms with Crippen LogP contribution in [-0.4, -0.2) is 40.7 Å². The summed E-state index contributed by atoms with van der Waals surface area (Å²) in [4.78, 5) is 16.9. The molecule has 0 aliphatic rings. The topological polar surface area (TPSA) is 65.5 Å². The highest BCUT2D eigenvalue weighted by Gasteiger charge is 2.14. The predicted molar refractivity (Wildman–Crippen MR) is 57.6 cm³/mol. The van der Waals surface area contributed by atoms with Crippen LogP contribution >= 0.6 is 0 Å². The number of pyridine rings is 1. The molecule has 5 nitrogen and oxygen atoms in total. The van der Waals surface area contributed by atoms with E-state index in [-0.39, 0.29) is 18.7 Å². The summed E-state index contributed by atoms with van der Waals surface area (Å²) in [6.07, 6.45) is 3.20. The first-order chi connectivity index (χ1) is 7.15. The molecule has 15 heavy (non-hydrogen) atoms. The Bertz CT molecular complexity index is 316. The molecule has 1 aromatic heterocycles. The van der Waals surface area contributed by atoms with Gasteiger partial charge in [-0.05, 0) is 19.1 Å². The highest BCUT2D eigenvalue weighted by atomic mass is 16.3. The lowest BCUT2D eigenvalue weighted by Crippen LogP contribution is -2.40. The van der Waals surface area contributed by atoms with Crippen molar-refractivity contribution in [2.24, 2.45) is 0 Å². The lowest BCUT2D eigenvalue weighted by atomic mass is 10.3. The quantitative estimate of drug-likeness (QED) is 0.778. The maximum absolute atomic E-state index is 11.6. The molecule has 1 atom stereocenters. The van der Waals surface area contributed by atoms with Gasteiger partial charge in [-0.15, -0.1) is 0 Å². The van der Waals surface area contributed by atoms with Crippen LogP contribution in [0.4, 0.5) is 10.5 Å². The first-order valence-corrected chi connectivity index (χ1v) is 4.70. The van der Waals surface area contributed by atoms with Crippen LogP contribution in [0.25, 0.3) is 0 Å².